The Morgan fingerprint density at radius 2 is 1.83 bits per heavy atom. The lowest BCUT2D eigenvalue weighted by molar-refractivity contribution is -0.143. The fourth-order valence-corrected chi connectivity index (χ4v) is 4.96. The number of carboxylic acids is 1. The van der Waals surface area contributed by atoms with Crippen molar-refractivity contribution in [1.29, 1.82) is 0 Å². The molecule has 1 aliphatic rings. The van der Waals surface area contributed by atoms with Gasteiger partial charge in [0, 0.05) is 23.1 Å². The molecule has 3 rings (SSSR count). The number of carboxylic acid groups (broad SMARTS) is 1. The van der Waals surface area contributed by atoms with Crippen molar-refractivity contribution in [1.82, 2.24) is 5.32 Å². The van der Waals surface area contributed by atoms with E-state index in [9.17, 15) is 14.4 Å². The molecule has 0 bridgehead atoms. The van der Waals surface area contributed by atoms with E-state index in [4.69, 9.17) is 14.3 Å². The molecular weight excluding hydrogens is 446 g/mol. The van der Waals surface area contributed by atoms with Gasteiger partial charge in [-0.3, -0.25) is 9.59 Å². The summed E-state index contributed by atoms with van der Waals surface area (Å²) in [7, 11) is 0. The molecule has 1 fully saturated rings. The zero-order valence-electron chi connectivity index (χ0n) is 21.4. The third-order valence-electron chi connectivity index (χ3n) is 7.37. The number of carbonyl (C=O) groups excluding carboxylic acids is 1. The normalized spacial score (nSPS) is 18.9. The third kappa shape index (κ3) is 6.65. The van der Waals surface area contributed by atoms with Crippen molar-refractivity contribution in [3.8, 4) is 5.75 Å². The smallest absolute Gasteiger partial charge is 0.339 e. The number of aliphatic carboxylic acids is 1. The molecule has 1 saturated carbocycles. The van der Waals surface area contributed by atoms with Crippen LogP contribution in [0.1, 0.15) is 81.9 Å². The molecule has 7 nitrogen and oxygen atoms in total. The fraction of sp³-hybridized carbons (Fsp3) is 0.607. The van der Waals surface area contributed by atoms with Crippen LogP contribution < -0.4 is 15.7 Å². The molecular formula is C28H39NO6. The van der Waals surface area contributed by atoms with E-state index >= 15 is 0 Å². The Kier molecular flexibility index (Phi) is 9.35. The number of amides is 1. The second kappa shape index (κ2) is 12.2. The number of benzene rings is 1. The van der Waals surface area contributed by atoms with Crippen LogP contribution in [0.3, 0.4) is 0 Å². The number of ether oxygens (including phenoxy) is 1. The molecule has 2 N–H and O–H groups in total. The molecule has 2 aromatic rings. The summed E-state index contributed by atoms with van der Waals surface area (Å²) in [5, 5.41) is 13.0. The van der Waals surface area contributed by atoms with E-state index in [1.807, 2.05) is 26.0 Å². The molecule has 35 heavy (non-hydrogen) atoms. The Labute approximate surface area is 207 Å². The highest BCUT2D eigenvalue weighted by molar-refractivity contribution is 5.86. The summed E-state index contributed by atoms with van der Waals surface area (Å²) in [5.41, 5.74) is 2.60. The summed E-state index contributed by atoms with van der Waals surface area (Å²) in [4.78, 5) is 36.4. The SMILES string of the molecule is CCCCCCc1c(C)c2ccc(O[C@@H](C)C(=O)NCC3CCC(C(=O)O)CC3)c(C)c2oc1=O. The monoisotopic (exact) mass is 485 g/mol. The van der Waals surface area contributed by atoms with Crippen LogP contribution in [0.5, 0.6) is 5.75 Å². The molecule has 0 spiro atoms. The van der Waals surface area contributed by atoms with Crippen molar-refractivity contribution in [2.75, 3.05) is 6.54 Å². The van der Waals surface area contributed by atoms with Gasteiger partial charge < -0.3 is 19.6 Å². The Balaban J connectivity index is 1.63. The minimum Gasteiger partial charge on any atom is -0.481 e. The minimum atomic E-state index is -0.727. The largest absolute Gasteiger partial charge is 0.481 e. The Morgan fingerprint density at radius 1 is 1.11 bits per heavy atom. The quantitative estimate of drug-likeness (QED) is 0.330. The number of rotatable bonds is 11. The summed E-state index contributed by atoms with van der Waals surface area (Å²) in [5.74, 6) is -0.404. The zero-order valence-corrected chi connectivity index (χ0v) is 21.4. The average Bonchev–Trinajstić information content (AvgIpc) is 2.84. The van der Waals surface area contributed by atoms with Gasteiger partial charge in [0.25, 0.3) is 5.91 Å². The van der Waals surface area contributed by atoms with Crippen LogP contribution in [-0.4, -0.2) is 29.6 Å². The van der Waals surface area contributed by atoms with Crippen LogP contribution >= 0.6 is 0 Å². The number of carbonyl (C=O) groups is 2. The summed E-state index contributed by atoms with van der Waals surface area (Å²) in [6, 6.07) is 3.74. The standard InChI is InChI=1S/C28H39NO6/c1-5-6-7-8-9-23-17(2)22-14-15-24(18(3)25(22)35-28(23)33)34-19(4)26(30)29-16-20-10-12-21(13-11-20)27(31)32/h14-15,19-21H,5-13,16H2,1-4H3,(H,29,30)(H,31,32)/t19-,20?,21?/m0/s1. The van der Waals surface area contributed by atoms with E-state index in [0.717, 1.165) is 61.5 Å². The highest BCUT2D eigenvalue weighted by atomic mass is 16.5. The van der Waals surface area contributed by atoms with E-state index in [-0.39, 0.29) is 23.4 Å². The lowest BCUT2D eigenvalue weighted by atomic mass is 9.82. The van der Waals surface area contributed by atoms with Gasteiger partial charge in [0.2, 0.25) is 0 Å². The highest BCUT2D eigenvalue weighted by Gasteiger charge is 2.27. The van der Waals surface area contributed by atoms with Crippen molar-refractivity contribution >= 4 is 22.8 Å². The molecule has 1 aliphatic carbocycles. The van der Waals surface area contributed by atoms with Gasteiger partial charge in [-0.15, -0.1) is 0 Å². The first-order valence-electron chi connectivity index (χ1n) is 13.0. The van der Waals surface area contributed by atoms with E-state index in [1.165, 1.54) is 0 Å². The topological polar surface area (TPSA) is 106 Å². The maximum atomic E-state index is 12.7. The number of nitrogens with one attached hydrogen (secondary N) is 1. The number of hydrogen-bond acceptors (Lipinski definition) is 5. The van der Waals surface area contributed by atoms with E-state index in [0.29, 0.717) is 36.3 Å². The number of aryl methyl sites for hydroxylation is 2. The maximum absolute atomic E-state index is 12.7. The summed E-state index contributed by atoms with van der Waals surface area (Å²) in [6.45, 7) is 8.18. The molecule has 1 aromatic heterocycles. The van der Waals surface area contributed by atoms with E-state index in [1.54, 1.807) is 6.92 Å². The van der Waals surface area contributed by atoms with Crippen LogP contribution in [0.2, 0.25) is 0 Å². The van der Waals surface area contributed by atoms with Gasteiger partial charge in [-0.05, 0) is 82.9 Å². The van der Waals surface area contributed by atoms with Gasteiger partial charge in [0.05, 0.1) is 5.92 Å². The molecule has 192 valence electrons. The second-order valence-electron chi connectivity index (χ2n) is 9.93. The molecule has 1 aromatic carbocycles. The van der Waals surface area contributed by atoms with Crippen LogP contribution in [-0.2, 0) is 16.0 Å². The van der Waals surface area contributed by atoms with Crippen LogP contribution in [0, 0.1) is 25.7 Å². The first-order chi connectivity index (χ1) is 16.7. The van der Waals surface area contributed by atoms with Crippen LogP contribution in [0.15, 0.2) is 21.3 Å². The number of hydrogen-bond donors (Lipinski definition) is 2. The maximum Gasteiger partial charge on any atom is 0.339 e. The van der Waals surface area contributed by atoms with Crippen molar-refractivity contribution in [3.63, 3.8) is 0 Å². The molecule has 1 heterocycles. The van der Waals surface area contributed by atoms with Gasteiger partial charge >= 0.3 is 11.6 Å². The molecule has 1 amide bonds. The summed E-state index contributed by atoms with van der Waals surface area (Å²) < 4.78 is 11.7. The summed E-state index contributed by atoms with van der Waals surface area (Å²) in [6.07, 6.45) is 7.30. The minimum absolute atomic E-state index is 0.218. The molecule has 0 saturated heterocycles. The lowest BCUT2D eigenvalue weighted by Gasteiger charge is -2.26. The Hall–Kier alpha value is -2.83. The van der Waals surface area contributed by atoms with E-state index < -0.39 is 12.1 Å². The van der Waals surface area contributed by atoms with E-state index in [2.05, 4.69) is 12.2 Å². The molecule has 1 atom stereocenters. The molecule has 0 aliphatic heterocycles. The summed E-state index contributed by atoms with van der Waals surface area (Å²) >= 11 is 0. The first-order valence-corrected chi connectivity index (χ1v) is 13.0. The van der Waals surface area contributed by atoms with Crippen LogP contribution in [0.25, 0.3) is 11.0 Å². The van der Waals surface area contributed by atoms with Crippen molar-refractivity contribution in [2.24, 2.45) is 11.8 Å². The molecule has 7 heteroatoms. The van der Waals surface area contributed by atoms with Gasteiger partial charge in [-0.1, -0.05) is 26.2 Å². The van der Waals surface area contributed by atoms with Crippen LogP contribution in [0.4, 0.5) is 0 Å². The van der Waals surface area contributed by atoms with Crippen molar-refractivity contribution in [2.45, 2.75) is 91.6 Å². The Bertz CT molecular complexity index is 1100. The molecule has 0 radical (unpaired) electrons. The predicted octanol–water partition coefficient (Wildman–Crippen LogP) is 5.31. The number of fused-ring (bicyclic) bond motifs is 1. The van der Waals surface area contributed by atoms with Crippen molar-refractivity contribution in [3.05, 3.63) is 39.2 Å². The van der Waals surface area contributed by atoms with Gasteiger partial charge in [0.1, 0.15) is 11.3 Å². The highest BCUT2D eigenvalue weighted by Crippen LogP contribution is 2.31. The number of unbranched alkanes of at least 4 members (excludes halogenated alkanes) is 3. The molecule has 0 unspecified atom stereocenters. The zero-order chi connectivity index (χ0) is 25.5. The average molecular weight is 486 g/mol. The predicted molar refractivity (Wildman–Crippen MR) is 136 cm³/mol. The first kappa shape index (κ1) is 26.8. The fourth-order valence-electron chi connectivity index (χ4n) is 4.96. The third-order valence-corrected chi connectivity index (χ3v) is 7.37. The lowest BCUT2D eigenvalue weighted by Crippen LogP contribution is -2.39. The van der Waals surface area contributed by atoms with Crippen molar-refractivity contribution < 1.29 is 23.8 Å². The Morgan fingerprint density at radius 3 is 2.49 bits per heavy atom. The van der Waals surface area contributed by atoms with Gasteiger partial charge in [-0.25, -0.2) is 4.79 Å². The second-order valence-corrected chi connectivity index (χ2v) is 9.93. The van der Waals surface area contributed by atoms with Gasteiger partial charge in [0.15, 0.2) is 6.10 Å². The van der Waals surface area contributed by atoms with Gasteiger partial charge in [-0.2, -0.15) is 0 Å².